The first kappa shape index (κ1) is 12.5. The molecule has 0 aliphatic heterocycles. The summed E-state index contributed by atoms with van der Waals surface area (Å²) in [5, 5.41) is 8.94. The lowest BCUT2D eigenvalue weighted by atomic mass is 10.1. The quantitative estimate of drug-likeness (QED) is 0.621. The molecule has 0 fully saturated rings. The van der Waals surface area contributed by atoms with Gasteiger partial charge in [-0.15, -0.1) is 0 Å². The molecule has 86 valence electrons. The van der Waals surface area contributed by atoms with Gasteiger partial charge in [0.15, 0.2) is 0 Å². The maximum absolute atomic E-state index is 8.94. The lowest BCUT2D eigenvalue weighted by molar-refractivity contribution is 0.282. The molecule has 1 N–H and O–H groups in total. The molecule has 16 heavy (non-hydrogen) atoms. The number of nitrogens with zero attached hydrogens (tertiary/aromatic N) is 2. The zero-order valence-corrected chi connectivity index (χ0v) is 9.85. The second kappa shape index (κ2) is 6.08. The summed E-state index contributed by atoms with van der Waals surface area (Å²) in [7, 11) is 1.76. The molecule has 0 atom stereocenters. The Hall–Kier alpha value is -1.61. The van der Waals surface area contributed by atoms with E-state index in [4.69, 9.17) is 5.11 Å². The van der Waals surface area contributed by atoms with Gasteiger partial charge in [-0.3, -0.25) is 4.99 Å². The highest BCUT2D eigenvalue weighted by Gasteiger charge is 2.03. The third kappa shape index (κ3) is 3.21. The molecule has 3 nitrogen and oxygen atoms in total. The first-order chi connectivity index (χ1) is 7.71. The second-order valence-electron chi connectivity index (χ2n) is 3.56. The standard InChI is InChI=1S/C13H18N2O/c1-4-15(11(2)14-3)9-12-5-7-13(10-16)8-6-12/h4-8,16H,1,9-10H2,2-3H3. The highest BCUT2D eigenvalue weighted by molar-refractivity contribution is 5.80. The van der Waals surface area contributed by atoms with Crippen LogP contribution in [0.5, 0.6) is 0 Å². The molecule has 0 heterocycles. The van der Waals surface area contributed by atoms with Gasteiger partial charge in [0.05, 0.1) is 12.4 Å². The van der Waals surface area contributed by atoms with Gasteiger partial charge >= 0.3 is 0 Å². The van der Waals surface area contributed by atoms with Gasteiger partial charge in [0, 0.05) is 13.6 Å². The maximum atomic E-state index is 8.94. The second-order valence-corrected chi connectivity index (χ2v) is 3.56. The molecule has 3 heteroatoms. The summed E-state index contributed by atoms with van der Waals surface area (Å²) in [6, 6.07) is 7.86. The van der Waals surface area contributed by atoms with Gasteiger partial charge in [-0.05, 0) is 24.3 Å². The number of benzene rings is 1. The predicted octanol–water partition coefficient (Wildman–Crippen LogP) is 2.17. The summed E-state index contributed by atoms with van der Waals surface area (Å²) in [6.07, 6.45) is 1.77. The normalized spacial score (nSPS) is 11.3. The van der Waals surface area contributed by atoms with E-state index in [1.165, 1.54) is 5.56 Å². The largest absolute Gasteiger partial charge is 0.392 e. The van der Waals surface area contributed by atoms with E-state index in [1.807, 2.05) is 36.1 Å². The Morgan fingerprint density at radius 2 is 1.94 bits per heavy atom. The molecule has 0 saturated carbocycles. The van der Waals surface area contributed by atoms with Crippen molar-refractivity contribution in [2.45, 2.75) is 20.1 Å². The monoisotopic (exact) mass is 218 g/mol. The average molecular weight is 218 g/mol. The molecule has 0 aliphatic carbocycles. The van der Waals surface area contributed by atoms with Crippen molar-refractivity contribution in [3.63, 3.8) is 0 Å². The lowest BCUT2D eigenvalue weighted by Crippen LogP contribution is -2.22. The lowest BCUT2D eigenvalue weighted by Gasteiger charge is -2.19. The van der Waals surface area contributed by atoms with E-state index in [2.05, 4.69) is 11.6 Å². The van der Waals surface area contributed by atoms with Crippen molar-refractivity contribution in [2.75, 3.05) is 7.05 Å². The van der Waals surface area contributed by atoms with Gasteiger partial charge in [0.1, 0.15) is 0 Å². The minimum absolute atomic E-state index is 0.0842. The van der Waals surface area contributed by atoms with Crippen LogP contribution in [0.15, 0.2) is 42.0 Å². The number of aliphatic hydroxyl groups is 1. The van der Waals surface area contributed by atoms with Crippen LogP contribution in [0.1, 0.15) is 18.1 Å². The summed E-state index contributed by atoms with van der Waals surface area (Å²) in [4.78, 5) is 6.10. The van der Waals surface area contributed by atoms with Crippen LogP contribution in [0.4, 0.5) is 0 Å². The number of rotatable bonds is 4. The smallest absolute Gasteiger partial charge is 0.0996 e. The summed E-state index contributed by atoms with van der Waals surface area (Å²) in [6.45, 7) is 6.55. The molecular weight excluding hydrogens is 200 g/mol. The molecule has 0 amide bonds. The fourth-order valence-corrected chi connectivity index (χ4v) is 1.39. The minimum atomic E-state index is 0.0842. The Kier molecular flexibility index (Phi) is 4.73. The highest BCUT2D eigenvalue weighted by atomic mass is 16.3. The first-order valence-corrected chi connectivity index (χ1v) is 5.22. The molecule has 0 aromatic heterocycles. The van der Waals surface area contributed by atoms with Gasteiger partial charge < -0.3 is 10.0 Å². The van der Waals surface area contributed by atoms with Gasteiger partial charge in [-0.1, -0.05) is 30.8 Å². The molecule has 0 radical (unpaired) electrons. The van der Waals surface area contributed by atoms with E-state index < -0.39 is 0 Å². The topological polar surface area (TPSA) is 35.8 Å². The first-order valence-electron chi connectivity index (χ1n) is 5.22. The van der Waals surface area contributed by atoms with Crippen molar-refractivity contribution >= 4 is 5.84 Å². The zero-order valence-electron chi connectivity index (χ0n) is 9.85. The van der Waals surface area contributed by atoms with E-state index in [-0.39, 0.29) is 6.61 Å². The van der Waals surface area contributed by atoms with Crippen molar-refractivity contribution in [2.24, 2.45) is 4.99 Å². The number of aliphatic imine (C=N–C) groups is 1. The van der Waals surface area contributed by atoms with Crippen LogP contribution in [0.25, 0.3) is 0 Å². The van der Waals surface area contributed by atoms with Crippen LogP contribution in [-0.2, 0) is 13.2 Å². The SMILES string of the molecule is C=CN(Cc1ccc(CO)cc1)C(C)=NC. The molecule has 1 rings (SSSR count). The van der Waals surface area contributed by atoms with E-state index in [1.54, 1.807) is 13.2 Å². The Balaban J connectivity index is 2.74. The Labute approximate surface area is 96.7 Å². The summed E-state index contributed by atoms with van der Waals surface area (Å²) in [5.41, 5.74) is 2.09. The molecule has 0 spiro atoms. The fraction of sp³-hybridized carbons (Fsp3) is 0.308. The van der Waals surface area contributed by atoms with Crippen LogP contribution in [0, 0.1) is 0 Å². The zero-order chi connectivity index (χ0) is 12.0. The van der Waals surface area contributed by atoms with Crippen LogP contribution in [-0.4, -0.2) is 22.9 Å². The average Bonchev–Trinajstić information content (AvgIpc) is 2.35. The summed E-state index contributed by atoms with van der Waals surface area (Å²) < 4.78 is 0. The van der Waals surface area contributed by atoms with E-state index in [0.29, 0.717) is 0 Å². The van der Waals surface area contributed by atoms with Gasteiger partial charge in [0.25, 0.3) is 0 Å². The van der Waals surface area contributed by atoms with Crippen molar-refractivity contribution < 1.29 is 5.11 Å². The third-order valence-corrected chi connectivity index (χ3v) is 2.52. The van der Waals surface area contributed by atoms with E-state index in [9.17, 15) is 0 Å². The predicted molar refractivity (Wildman–Crippen MR) is 67.1 cm³/mol. The molecule has 0 aliphatic rings. The van der Waals surface area contributed by atoms with Crippen molar-refractivity contribution in [3.05, 3.63) is 48.2 Å². The highest BCUT2D eigenvalue weighted by Crippen LogP contribution is 2.08. The molecule has 0 saturated heterocycles. The number of hydrogen-bond donors (Lipinski definition) is 1. The molecular formula is C13H18N2O. The van der Waals surface area contributed by atoms with Crippen LogP contribution >= 0.6 is 0 Å². The molecule has 0 unspecified atom stereocenters. The van der Waals surface area contributed by atoms with Crippen LogP contribution in [0.3, 0.4) is 0 Å². The number of hydrogen-bond acceptors (Lipinski definition) is 2. The van der Waals surface area contributed by atoms with Crippen LogP contribution < -0.4 is 0 Å². The van der Waals surface area contributed by atoms with E-state index in [0.717, 1.165) is 17.9 Å². The maximum Gasteiger partial charge on any atom is 0.0996 e. The molecule has 0 bridgehead atoms. The summed E-state index contributed by atoms with van der Waals surface area (Å²) in [5.74, 6) is 0.932. The summed E-state index contributed by atoms with van der Waals surface area (Å²) >= 11 is 0. The van der Waals surface area contributed by atoms with Crippen LogP contribution in [0.2, 0.25) is 0 Å². The Bertz CT molecular complexity index is 368. The van der Waals surface area contributed by atoms with Gasteiger partial charge in [-0.2, -0.15) is 0 Å². The Morgan fingerprint density at radius 3 is 2.38 bits per heavy atom. The Morgan fingerprint density at radius 1 is 1.38 bits per heavy atom. The molecule has 1 aromatic carbocycles. The minimum Gasteiger partial charge on any atom is -0.392 e. The number of amidine groups is 1. The van der Waals surface area contributed by atoms with Crippen molar-refractivity contribution in [1.82, 2.24) is 4.90 Å². The van der Waals surface area contributed by atoms with Crippen molar-refractivity contribution in [3.8, 4) is 0 Å². The van der Waals surface area contributed by atoms with E-state index >= 15 is 0 Å². The molecule has 1 aromatic rings. The van der Waals surface area contributed by atoms with Gasteiger partial charge in [-0.25, -0.2) is 0 Å². The van der Waals surface area contributed by atoms with Gasteiger partial charge in [0.2, 0.25) is 0 Å². The number of aliphatic hydroxyl groups excluding tert-OH is 1. The third-order valence-electron chi connectivity index (χ3n) is 2.52. The fourth-order valence-electron chi connectivity index (χ4n) is 1.39. The van der Waals surface area contributed by atoms with Crippen molar-refractivity contribution in [1.29, 1.82) is 0 Å².